The Morgan fingerprint density at radius 1 is 1.19 bits per heavy atom. The highest BCUT2D eigenvalue weighted by molar-refractivity contribution is 6.33. The molecule has 3 aromatic rings. The second-order valence-electron chi connectivity index (χ2n) is 7.65. The molecule has 1 aromatic heterocycles. The van der Waals surface area contributed by atoms with Gasteiger partial charge in [0.2, 0.25) is 0 Å². The first kappa shape index (κ1) is 21.0. The van der Waals surface area contributed by atoms with E-state index in [1.807, 2.05) is 41.3 Å². The Morgan fingerprint density at radius 2 is 2.00 bits per heavy atom. The molecule has 1 N–H and O–H groups in total. The average Bonchev–Trinajstić information content (AvgIpc) is 2.78. The minimum atomic E-state index is -0.248. The summed E-state index contributed by atoms with van der Waals surface area (Å²) in [5.74, 6) is 2.13. The minimum absolute atomic E-state index is 0.248. The summed E-state index contributed by atoms with van der Waals surface area (Å²) in [6.07, 6.45) is 1.70. The molecule has 2 aromatic carbocycles. The Hall–Kier alpha value is -3.25. The van der Waals surface area contributed by atoms with Crippen LogP contribution >= 0.6 is 11.6 Å². The van der Waals surface area contributed by atoms with Crippen LogP contribution in [0.1, 0.15) is 24.2 Å². The molecule has 0 atom stereocenters. The largest absolute Gasteiger partial charge is 0.493 e. The second kappa shape index (κ2) is 9.27. The molecule has 6 nitrogen and oxygen atoms in total. The van der Waals surface area contributed by atoms with E-state index in [9.17, 15) is 4.79 Å². The molecule has 1 aliphatic rings. The molecule has 0 spiro atoms. The lowest BCUT2D eigenvalue weighted by atomic mass is 10.1. The third-order valence-corrected chi connectivity index (χ3v) is 5.08. The van der Waals surface area contributed by atoms with Gasteiger partial charge in [0.05, 0.1) is 29.4 Å². The third kappa shape index (κ3) is 4.75. The number of benzene rings is 2. The van der Waals surface area contributed by atoms with Crippen LogP contribution < -0.4 is 19.7 Å². The topological polar surface area (TPSA) is 63.7 Å². The summed E-state index contributed by atoms with van der Waals surface area (Å²) < 4.78 is 11.6. The van der Waals surface area contributed by atoms with E-state index in [1.54, 1.807) is 24.4 Å². The summed E-state index contributed by atoms with van der Waals surface area (Å²) in [5, 5.41) is 3.48. The van der Waals surface area contributed by atoms with Gasteiger partial charge in [-0.25, -0.2) is 4.98 Å². The molecule has 1 amide bonds. The number of hydrogen-bond acceptors (Lipinski definition) is 5. The number of hydrogen-bond donors (Lipinski definition) is 1. The Bertz CT molecular complexity index is 1070. The lowest BCUT2D eigenvalue weighted by Crippen LogP contribution is -2.30. The van der Waals surface area contributed by atoms with Crippen LogP contribution in [0.4, 0.5) is 17.2 Å². The van der Waals surface area contributed by atoms with Gasteiger partial charge in [0.15, 0.2) is 11.6 Å². The number of aromatic nitrogens is 1. The number of amides is 1. The normalized spacial score (nSPS) is 12.8. The van der Waals surface area contributed by atoms with Gasteiger partial charge >= 0.3 is 0 Å². The summed E-state index contributed by atoms with van der Waals surface area (Å²) >= 11 is 6.35. The van der Waals surface area contributed by atoms with Crippen molar-refractivity contribution in [1.29, 1.82) is 0 Å². The number of nitrogens with zero attached hydrogens (tertiary/aromatic N) is 2. The number of fused-ring (bicyclic) bond motifs is 1. The number of para-hydroxylation sites is 1. The molecule has 1 aliphatic heterocycles. The standard InChI is InChI=1S/C24H24ClN3O3/c1-16(2)15-31-18-10-8-17(9-11-18)27-24(29)19-5-3-7-21-22(19)30-14-13-28(21)23-20(25)6-4-12-26-23/h3-12,16H,13-15H2,1-2H3,(H,27,29). The van der Waals surface area contributed by atoms with Crippen LogP contribution in [0.25, 0.3) is 0 Å². The fourth-order valence-corrected chi connectivity index (χ4v) is 3.54. The van der Waals surface area contributed by atoms with E-state index in [0.29, 0.717) is 53.5 Å². The zero-order valence-corrected chi connectivity index (χ0v) is 18.2. The van der Waals surface area contributed by atoms with Crippen molar-refractivity contribution < 1.29 is 14.3 Å². The quantitative estimate of drug-likeness (QED) is 0.547. The first-order valence-corrected chi connectivity index (χ1v) is 10.6. The van der Waals surface area contributed by atoms with E-state index in [2.05, 4.69) is 24.1 Å². The summed E-state index contributed by atoms with van der Waals surface area (Å²) in [6.45, 7) is 5.86. The monoisotopic (exact) mass is 437 g/mol. The summed E-state index contributed by atoms with van der Waals surface area (Å²) in [7, 11) is 0. The molecule has 0 unspecified atom stereocenters. The van der Waals surface area contributed by atoms with Gasteiger partial charge in [0.1, 0.15) is 12.4 Å². The van der Waals surface area contributed by atoms with Gasteiger partial charge in [0.25, 0.3) is 5.91 Å². The van der Waals surface area contributed by atoms with Gasteiger partial charge in [-0.15, -0.1) is 0 Å². The SMILES string of the molecule is CC(C)COc1ccc(NC(=O)c2cccc3c2OCCN3c2ncccc2Cl)cc1. The molecule has 31 heavy (non-hydrogen) atoms. The average molecular weight is 438 g/mol. The highest BCUT2D eigenvalue weighted by atomic mass is 35.5. The van der Waals surface area contributed by atoms with Crippen LogP contribution in [0.15, 0.2) is 60.8 Å². The maximum Gasteiger partial charge on any atom is 0.259 e. The van der Waals surface area contributed by atoms with Crippen molar-refractivity contribution >= 4 is 34.7 Å². The van der Waals surface area contributed by atoms with Gasteiger partial charge < -0.3 is 19.7 Å². The molecule has 160 valence electrons. The van der Waals surface area contributed by atoms with Gasteiger partial charge in [-0.2, -0.15) is 0 Å². The number of carbonyl (C=O) groups is 1. The molecule has 0 bridgehead atoms. The molecule has 2 heterocycles. The zero-order chi connectivity index (χ0) is 21.8. The molecule has 0 fully saturated rings. The van der Waals surface area contributed by atoms with Crippen molar-refractivity contribution in [1.82, 2.24) is 4.98 Å². The third-order valence-electron chi connectivity index (χ3n) is 4.78. The van der Waals surface area contributed by atoms with E-state index in [-0.39, 0.29) is 5.91 Å². The molecule has 4 rings (SSSR count). The highest BCUT2D eigenvalue weighted by Gasteiger charge is 2.26. The maximum absolute atomic E-state index is 13.0. The zero-order valence-electron chi connectivity index (χ0n) is 17.5. The number of nitrogens with one attached hydrogen (secondary N) is 1. The van der Waals surface area contributed by atoms with Crippen LogP contribution in [0.3, 0.4) is 0 Å². The fourth-order valence-electron chi connectivity index (χ4n) is 3.32. The summed E-state index contributed by atoms with van der Waals surface area (Å²) in [4.78, 5) is 19.4. The van der Waals surface area contributed by atoms with Crippen LogP contribution in [-0.4, -0.2) is 30.6 Å². The van der Waals surface area contributed by atoms with E-state index in [1.165, 1.54) is 0 Å². The van der Waals surface area contributed by atoms with E-state index in [4.69, 9.17) is 21.1 Å². The van der Waals surface area contributed by atoms with E-state index < -0.39 is 0 Å². The number of halogens is 1. The Labute approximate surface area is 186 Å². The first-order valence-electron chi connectivity index (χ1n) is 10.2. The van der Waals surface area contributed by atoms with Crippen LogP contribution in [0.5, 0.6) is 11.5 Å². The summed E-state index contributed by atoms with van der Waals surface area (Å²) in [6, 6.07) is 16.4. The van der Waals surface area contributed by atoms with Gasteiger partial charge in [-0.3, -0.25) is 4.79 Å². The van der Waals surface area contributed by atoms with E-state index in [0.717, 1.165) is 11.4 Å². The Kier molecular flexibility index (Phi) is 6.28. The first-order chi connectivity index (χ1) is 15.0. The molecular weight excluding hydrogens is 414 g/mol. The van der Waals surface area contributed by atoms with Crippen molar-refractivity contribution in [2.75, 3.05) is 30.0 Å². The number of anilines is 3. The predicted octanol–water partition coefficient (Wildman–Crippen LogP) is 5.55. The molecule has 0 saturated heterocycles. The van der Waals surface area contributed by atoms with Gasteiger partial charge in [0, 0.05) is 11.9 Å². The van der Waals surface area contributed by atoms with Crippen molar-refractivity contribution in [3.05, 3.63) is 71.4 Å². The smallest absolute Gasteiger partial charge is 0.259 e. The van der Waals surface area contributed by atoms with Gasteiger partial charge in [-0.05, 0) is 54.4 Å². The number of carbonyl (C=O) groups excluding carboxylic acids is 1. The lowest BCUT2D eigenvalue weighted by Gasteiger charge is -2.31. The number of pyridine rings is 1. The lowest BCUT2D eigenvalue weighted by molar-refractivity contribution is 0.102. The molecule has 0 radical (unpaired) electrons. The van der Waals surface area contributed by atoms with Crippen molar-refractivity contribution in [2.45, 2.75) is 13.8 Å². The Balaban J connectivity index is 1.55. The predicted molar refractivity (Wildman–Crippen MR) is 123 cm³/mol. The number of rotatable bonds is 6. The van der Waals surface area contributed by atoms with Crippen LogP contribution in [0.2, 0.25) is 5.02 Å². The van der Waals surface area contributed by atoms with Gasteiger partial charge in [-0.1, -0.05) is 31.5 Å². The molecule has 0 saturated carbocycles. The van der Waals surface area contributed by atoms with Crippen LogP contribution in [0, 0.1) is 5.92 Å². The number of ether oxygens (including phenoxy) is 2. The van der Waals surface area contributed by atoms with Crippen molar-refractivity contribution in [3.8, 4) is 11.5 Å². The fraction of sp³-hybridized carbons (Fsp3) is 0.250. The van der Waals surface area contributed by atoms with Crippen LogP contribution in [-0.2, 0) is 0 Å². The van der Waals surface area contributed by atoms with Crippen molar-refractivity contribution in [3.63, 3.8) is 0 Å². The second-order valence-corrected chi connectivity index (χ2v) is 8.05. The minimum Gasteiger partial charge on any atom is -0.493 e. The van der Waals surface area contributed by atoms with E-state index >= 15 is 0 Å². The summed E-state index contributed by atoms with van der Waals surface area (Å²) in [5.41, 5.74) is 1.89. The molecule has 0 aliphatic carbocycles. The maximum atomic E-state index is 13.0. The molecule has 7 heteroatoms. The Morgan fingerprint density at radius 3 is 2.74 bits per heavy atom. The highest BCUT2D eigenvalue weighted by Crippen LogP contribution is 2.40. The molecular formula is C24H24ClN3O3. The van der Waals surface area contributed by atoms with Crippen molar-refractivity contribution in [2.24, 2.45) is 5.92 Å².